The van der Waals surface area contributed by atoms with E-state index in [4.69, 9.17) is 10.5 Å². The Kier molecular flexibility index (Phi) is 7.56. The lowest BCUT2D eigenvalue weighted by Crippen LogP contribution is -2.67. The minimum atomic E-state index is -1.12. The second-order valence-electron chi connectivity index (χ2n) is 8.65. The monoisotopic (exact) mass is 486 g/mol. The summed E-state index contributed by atoms with van der Waals surface area (Å²) >= 11 is 0. The lowest BCUT2D eigenvalue weighted by molar-refractivity contribution is -0.180. The van der Waals surface area contributed by atoms with Crippen molar-refractivity contribution in [1.82, 2.24) is 4.90 Å². The second kappa shape index (κ2) is 11.0. The predicted molar refractivity (Wildman–Crippen MR) is 131 cm³/mol. The number of carbonyl (C=O) groups excluding carboxylic acids is 3. The van der Waals surface area contributed by atoms with E-state index in [-0.39, 0.29) is 18.6 Å². The van der Waals surface area contributed by atoms with Gasteiger partial charge in [-0.25, -0.2) is 9.59 Å². The molecular formula is C28H26N2O6. The number of benzene rings is 3. The first-order chi connectivity index (χ1) is 17.4. The van der Waals surface area contributed by atoms with Gasteiger partial charge in [-0.15, -0.1) is 0 Å². The molecule has 0 bridgehead atoms. The van der Waals surface area contributed by atoms with Gasteiger partial charge in [0.15, 0.2) is 0 Å². The van der Waals surface area contributed by atoms with Crippen molar-refractivity contribution >= 4 is 23.8 Å². The standard InChI is InChI=1S/C28H26N2O6/c29-16-19-9-11-20(12-10-19)17-36-28(35)25-23(14-18-5-2-1-3-6-18)26(32)30(25)24(31)15-21-7-4-8-22(13-21)27(33)34/h1-13,23,25H,14-17,29H2,(H,33,34)/t23-,25-/m0/s1. The molecule has 3 aromatic carbocycles. The van der Waals surface area contributed by atoms with Crippen molar-refractivity contribution in [3.8, 4) is 0 Å². The largest absolute Gasteiger partial charge is 0.478 e. The molecule has 4 rings (SSSR count). The van der Waals surface area contributed by atoms with Crippen LogP contribution in [0.25, 0.3) is 0 Å². The summed E-state index contributed by atoms with van der Waals surface area (Å²) in [7, 11) is 0. The van der Waals surface area contributed by atoms with Gasteiger partial charge in [-0.3, -0.25) is 14.5 Å². The smallest absolute Gasteiger partial charge is 0.335 e. The molecule has 0 unspecified atom stereocenters. The number of amides is 2. The van der Waals surface area contributed by atoms with Crippen LogP contribution in [0.3, 0.4) is 0 Å². The van der Waals surface area contributed by atoms with Crippen molar-refractivity contribution in [2.45, 2.75) is 32.0 Å². The van der Waals surface area contributed by atoms with Gasteiger partial charge in [0, 0.05) is 6.54 Å². The van der Waals surface area contributed by atoms with Crippen LogP contribution >= 0.6 is 0 Å². The van der Waals surface area contributed by atoms with Crippen LogP contribution in [-0.4, -0.2) is 39.8 Å². The lowest BCUT2D eigenvalue weighted by atomic mass is 9.81. The molecule has 1 saturated heterocycles. The molecule has 0 radical (unpaired) electrons. The summed E-state index contributed by atoms with van der Waals surface area (Å²) in [5.41, 5.74) is 8.66. The molecule has 0 saturated carbocycles. The number of likely N-dealkylation sites (tertiary alicyclic amines) is 1. The molecule has 1 fully saturated rings. The normalized spacial score (nSPS) is 16.8. The Morgan fingerprint density at radius 1 is 0.861 bits per heavy atom. The van der Waals surface area contributed by atoms with Gasteiger partial charge in [0.05, 0.1) is 17.9 Å². The molecule has 2 atom stereocenters. The van der Waals surface area contributed by atoms with Gasteiger partial charge in [0.2, 0.25) is 11.8 Å². The van der Waals surface area contributed by atoms with Gasteiger partial charge >= 0.3 is 11.9 Å². The molecule has 36 heavy (non-hydrogen) atoms. The van der Waals surface area contributed by atoms with Crippen LogP contribution in [-0.2, 0) is 45.1 Å². The first-order valence-corrected chi connectivity index (χ1v) is 11.5. The summed E-state index contributed by atoms with van der Waals surface area (Å²) in [4.78, 5) is 51.4. The Hall–Kier alpha value is -4.30. The zero-order chi connectivity index (χ0) is 25.7. The number of imide groups is 1. The molecule has 8 nitrogen and oxygen atoms in total. The van der Waals surface area contributed by atoms with E-state index in [2.05, 4.69) is 0 Å². The molecule has 2 amide bonds. The number of carbonyl (C=O) groups is 4. The van der Waals surface area contributed by atoms with Crippen molar-refractivity contribution in [3.63, 3.8) is 0 Å². The minimum absolute atomic E-state index is 0.00484. The number of carboxylic acid groups (broad SMARTS) is 1. The zero-order valence-electron chi connectivity index (χ0n) is 19.5. The maximum Gasteiger partial charge on any atom is 0.335 e. The third-order valence-electron chi connectivity index (χ3n) is 6.19. The topological polar surface area (TPSA) is 127 Å². The number of rotatable bonds is 9. The summed E-state index contributed by atoms with van der Waals surface area (Å²) in [6, 6.07) is 21.4. The highest BCUT2D eigenvalue weighted by atomic mass is 16.5. The third kappa shape index (κ3) is 5.50. The summed E-state index contributed by atoms with van der Waals surface area (Å²) in [6.45, 7) is 0.396. The van der Waals surface area contributed by atoms with Crippen LogP contribution in [0.4, 0.5) is 0 Å². The molecule has 0 aromatic heterocycles. The summed E-state index contributed by atoms with van der Waals surface area (Å²) in [6.07, 6.45) is 0.0815. The molecule has 0 spiro atoms. The first-order valence-electron chi connectivity index (χ1n) is 11.5. The van der Waals surface area contributed by atoms with Crippen LogP contribution in [0.1, 0.15) is 32.6 Å². The van der Waals surface area contributed by atoms with Crippen molar-refractivity contribution in [2.24, 2.45) is 11.7 Å². The van der Waals surface area contributed by atoms with E-state index in [1.54, 1.807) is 18.2 Å². The average molecular weight is 487 g/mol. The van der Waals surface area contributed by atoms with E-state index in [9.17, 15) is 24.3 Å². The Balaban J connectivity index is 1.51. The number of hydrogen-bond acceptors (Lipinski definition) is 6. The van der Waals surface area contributed by atoms with Gasteiger partial charge < -0.3 is 15.6 Å². The quantitative estimate of drug-likeness (QED) is 0.352. The highest BCUT2D eigenvalue weighted by molar-refractivity contribution is 6.08. The molecule has 1 aliphatic rings. The van der Waals surface area contributed by atoms with Crippen molar-refractivity contribution in [1.29, 1.82) is 0 Å². The van der Waals surface area contributed by atoms with Gasteiger partial charge in [-0.1, -0.05) is 66.7 Å². The molecular weight excluding hydrogens is 460 g/mol. The predicted octanol–water partition coefficient (Wildman–Crippen LogP) is 2.73. The average Bonchev–Trinajstić information content (AvgIpc) is 2.89. The summed E-state index contributed by atoms with van der Waals surface area (Å²) in [5.74, 6) is -3.54. The zero-order valence-corrected chi connectivity index (χ0v) is 19.5. The van der Waals surface area contributed by atoms with E-state index in [1.807, 2.05) is 42.5 Å². The fraction of sp³-hybridized carbons (Fsp3) is 0.214. The highest BCUT2D eigenvalue weighted by Gasteiger charge is 2.54. The number of hydrogen-bond donors (Lipinski definition) is 2. The Bertz CT molecular complexity index is 1270. The maximum atomic E-state index is 13.1. The molecule has 3 N–H and O–H groups in total. The molecule has 184 valence electrons. The number of β-lactam (4-membered cyclic amide) rings is 1. The van der Waals surface area contributed by atoms with Crippen LogP contribution in [0.2, 0.25) is 0 Å². The van der Waals surface area contributed by atoms with Crippen LogP contribution in [0.15, 0.2) is 78.9 Å². The molecule has 1 heterocycles. The number of nitrogens with two attached hydrogens (primary N) is 1. The van der Waals surface area contributed by atoms with Crippen molar-refractivity contribution in [2.75, 3.05) is 0 Å². The second-order valence-corrected chi connectivity index (χ2v) is 8.65. The lowest BCUT2D eigenvalue weighted by Gasteiger charge is -2.44. The molecule has 0 aliphatic carbocycles. The van der Waals surface area contributed by atoms with E-state index >= 15 is 0 Å². The summed E-state index contributed by atoms with van der Waals surface area (Å²) in [5, 5.41) is 9.21. The van der Waals surface area contributed by atoms with Crippen LogP contribution < -0.4 is 5.73 Å². The molecule has 3 aromatic rings. The van der Waals surface area contributed by atoms with E-state index in [0.29, 0.717) is 18.5 Å². The van der Waals surface area contributed by atoms with Gasteiger partial charge in [-0.2, -0.15) is 0 Å². The third-order valence-corrected chi connectivity index (χ3v) is 6.19. The van der Waals surface area contributed by atoms with Crippen LogP contribution in [0.5, 0.6) is 0 Å². The number of esters is 1. The fourth-order valence-corrected chi connectivity index (χ4v) is 4.25. The number of ether oxygens (including phenoxy) is 1. The number of aromatic carboxylic acids is 1. The van der Waals surface area contributed by atoms with E-state index in [1.165, 1.54) is 18.2 Å². The highest BCUT2D eigenvalue weighted by Crippen LogP contribution is 2.32. The van der Waals surface area contributed by atoms with Gasteiger partial charge in [0.25, 0.3) is 0 Å². The minimum Gasteiger partial charge on any atom is -0.478 e. The van der Waals surface area contributed by atoms with Crippen LogP contribution in [0, 0.1) is 5.92 Å². The van der Waals surface area contributed by atoms with Gasteiger partial charge in [-0.05, 0) is 40.8 Å². The number of carboxylic acids is 1. The Morgan fingerprint density at radius 3 is 2.19 bits per heavy atom. The van der Waals surface area contributed by atoms with Crippen molar-refractivity contribution in [3.05, 3.63) is 107 Å². The van der Waals surface area contributed by atoms with E-state index in [0.717, 1.165) is 21.6 Å². The summed E-state index contributed by atoms with van der Waals surface area (Å²) < 4.78 is 5.51. The Morgan fingerprint density at radius 2 is 1.53 bits per heavy atom. The van der Waals surface area contributed by atoms with Gasteiger partial charge in [0.1, 0.15) is 12.6 Å². The maximum absolute atomic E-state index is 13.1. The molecule has 1 aliphatic heterocycles. The van der Waals surface area contributed by atoms with Crippen molar-refractivity contribution < 1.29 is 29.0 Å². The first kappa shape index (κ1) is 24.8. The molecule has 8 heteroatoms. The van der Waals surface area contributed by atoms with E-state index < -0.39 is 35.7 Å². The number of nitrogens with zero attached hydrogens (tertiary/aromatic N) is 1. The fourth-order valence-electron chi connectivity index (χ4n) is 4.25. The Labute approximate surface area is 208 Å². The SMILES string of the molecule is NCc1ccc(COC(=O)[C@@H]2[C@H](Cc3ccccc3)C(=O)N2C(=O)Cc2cccc(C(=O)O)c2)cc1.